The predicted octanol–water partition coefficient (Wildman–Crippen LogP) is 3.69. The fourth-order valence-electron chi connectivity index (χ4n) is 2.41. The van der Waals surface area contributed by atoms with Gasteiger partial charge in [-0.3, -0.25) is 4.90 Å². The van der Waals surface area contributed by atoms with Gasteiger partial charge in [0.2, 0.25) is 0 Å². The Balaban J connectivity index is 2.10. The molecule has 1 rings (SSSR count). The van der Waals surface area contributed by atoms with Crippen molar-refractivity contribution in [3.8, 4) is 0 Å². The molecule has 0 amide bonds. The van der Waals surface area contributed by atoms with Gasteiger partial charge in [-0.25, -0.2) is 0 Å². The smallest absolute Gasteiger partial charge is 0.0593 e. The normalized spacial score (nSPS) is 22.2. The molecule has 0 aliphatic carbocycles. The molecule has 1 unspecified atom stereocenters. The standard InChI is InChI=1S/C14H28BrNO/c1-13(2)7-11-17-12-10-16-9-4-3-5-14(16)6-8-15/h13-14H,3-12H2,1-2H3. The van der Waals surface area contributed by atoms with Gasteiger partial charge in [-0.15, -0.1) is 0 Å². The van der Waals surface area contributed by atoms with Crippen molar-refractivity contribution in [2.75, 3.05) is 31.6 Å². The molecule has 1 fully saturated rings. The van der Waals surface area contributed by atoms with Crippen molar-refractivity contribution in [3.05, 3.63) is 0 Å². The second kappa shape index (κ2) is 9.35. The topological polar surface area (TPSA) is 12.5 Å². The van der Waals surface area contributed by atoms with Crippen LogP contribution in [0, 0.1) is 5.92 Å². The molecule has 3 heteroatoms. The fraction of sp³-hybridized carbons (Fsp3) is 1.00. The number of ether oxygens (including phenoxy) is 1. The molecule has 0 saturated carbocycles. The summed E-state index contributed by atoms with van der Waals surface area (Å²) in [6.07, 6.45) is 6.61. The first-order valence-electron chi connectivity index (χ1n) is 7.11. The third-order valence-electron chi connectivity index (χ3n) is 3.55. The highest BCUT2D eigenvalue weighted by Crippen LogP contribution is 2.19. The van der Waals surface area contributed by atoms with E-state index in [0.29, 0.717) is 0 Å². The predicted molar refractivity (Wildman–Crippen MR) is 77.9 cm³/mol. The van der Waals surface area contributed by atoms with E-state index in [4.69, 9.17) is 4.74 Å². The maximum Gasteiger partial charge on any atom is 0.0593 e. The van der Waals surface area contributed by atoms with E-state index in [0.717, 1.165) is 37.0 Å². The van der Waals surface area contributed by atoms with E-state index in [1.54, 1.807) is 0 Å². The molecular formula is C14H28BrNO. The summed E-state index contributed by atoms with van der Waals surface area (Å²) >= 11 is 3.56. The Morgan fingerprint density at radius 1 is 1.29 bits per heavy atom. The maximum absolute atomic E-state index is 5.72. The lowest BCUT2D eigenvalue weighted by atomic mass is 10.0. The first-order chi connectivity index (χ1) is 8.24. The Morgan fingerprint density at radius 2 is 2.12 bits per heavy atom. The second-order valence-corrected chi connectivity index (χ2v) is 6.25. The zero-order chi connectivity index (χ0) is 12.5. The molecule has 1 aliphatic rings. The number of piperidine rings is 1. The van der Waals surface area contributed by atoms with Gasteiger partial charge in [0.25, 0.3) is 0 Å². The van der Waals surface area contributed by atoms with E-state index in [9.17, 15) is 0 Å². The third kappa shape index (κ3) is 6.78. The van der Waals surface area contributed by atoms with Crippen LogP contribution in [-0.4, -0.2) is 42.6 Å². The van der Waals surface area contributed by atoms with Crippen molar-refractivity contribution >= 4 is 15.9 Å². The fourth-order valence-corrected chi connectivity index (χ4v) is 2.94. The molecule has 17 heavy (non-hydrogen) atoms. The van der Waals surface area contributed by atoms with Gasteiger partial charge < -0.3 is 4.74 Å². The maximum atomic E-state index is 5.72. The summed E-state index contributed by atoms with van der Waals surface area (Å²) < 4.78 is 5.72. The van der Waals surface area contributed by atoms with Crippen LogP contribution in [-0.2, 0) is 4.74 Å². The first-order valence-corrected chi connectivity index (χ1v) is 8.24. The van der Waals surface area contributed by atoms with Crippen LogP contribution in [0.15, 0.2) is 0 Å². The van der Waals surface area contributed by atoms with Crippen LogP contribution in [0.2, 0.25) is 0 Å². The highest BCUT2D eigenvalue weighted by molar-refractivity contribution is 9.09. The van der Waals surface area contributed by atoms with Crippen LogP contribution in [0.25, 0.3) is 0 Å². The molecule has 0 spiro atoms. The second-order valence-electron chi connectivity index (χ2n) is 5.46. The van der Waals surface area contributed by atoms with Gasteiger partial charge in [0.05, 0.1) is 6.61 Å². The Labute approximate surface area is 115 Å². The van der Waals surface area contributed by atoms with Crippen molar-refractivity contribution in [1.82, 2.24) is 4.90 Å². The minimum atomic E-state index is 0.756. The van der Waals surface area contributed by atoms with Crippen LogP contribution in [0.1, 0.15) is 46.0 Å². The molecular weight excluding hydrogens is 278 g/mol. The van der Waals surface area contributed by atoms with E-state index < -0.39 is 0 Å². The van der Waals surface area contributed by atoms with Gasteiger partial charge >= 0.3 is 0 Å². The highest BCUT2D eigenvalue weighted by atomic mass is 79.9. The lowest BCUT2D eigenvalue weighted by molar-refractivity contribution is 0.0665. The molecule has 1 atom stereocenters. The summed E-state index contributed by atoms with van der Waals surface area (Å²) in [6.45, 7) is 8.72. The average Bonchev–Trinajstić information content (AvgIpc) is 2.31. The number of alkyl halides is 1. The minimum absolute atomic E-state index is 0.756. The van der Waals surface area contributed by atoms with Crippen molar-refractivity contribution < 1.29 is 4.74 Å². The van der Waals surface area contributed by atoms with Gasteiger partial charge in [-0.1, -0.05) is 36.2 Å². The Hall–Kier alpha value is 0.400. The molecule has 2 nitrogen and oxygen atoms in total. The SMILES string of the molecule is CC(C)CCOCCN1CCCCC1CCBr. The van der Waals surface area contributed by atoms with E-state index in [2.05, 4.69) is 34.7 Å². The van der Waals surface area contributed by atoms with E-state index in [1.165, 1.54) is 38.6 Å². The number of halogens is 1. The summed E-state index contributed by atoms with van der Waals surface area (Å²) in [5, 5.41) is 1.13. The first kappa shape index (κ1) is 15.5. The molecule has 0 bridgehead atoms. The van der Waals surface area contributed by atoms with Crippen molar-refractivity contribution in [3.63, 3.8) is 0 Å². The van der Waals surface area contributed by atoms with Gasteiger partial charge in [0.1, 0.15) is 0 Å². The molecule has 1 aliphatic heterocycles. The summed E-state index contributed by atoms with van der Waals surface area (Å²) in [6, 6.07) is 0.789. The Morgan fingerprint density at radius 3 is 2.82 bits per heavy atom. The summed E-state index contributed by atoms with van der Waals surface area (Å²) in [4.78, 5) is 2.63. The molecule has 102 valence electrons. The third-order valence-corrected chi connectivity index (χ3v) is 4.01. The lowest BCUT2D eigenvalue weighted by Crippen LogP contribution is -2.41. The van der Waals surface area contributed by atoms with E-state index >= 15 is 0 Å². The molecule has 0 aromatic heterocycles. The molecule has 0 aromatic rings. The monoisotopic (exact) mass is 305 g/mol. The van der Waals surface area contributed by atoms with E-state index in [1.807, 2.05) is 0 Å². The quantitative estimate of drug-likeness (QED) is 0.501. The van der Waals surface area contributed by atoms with E-state index in [-0.39, 0.29) is 0 Å². The zero-order valence-corrected chi connectivity index (χ0v) is 13.0. The van der Waals surface area contributed by atoms with Crippen LogP contribution < -0.4 is 0 Å². The summed E-state index contributed by atoms with van der Waals surface area (Å²) in [7, 11) is 0. The van der Waals surface area contributed by atoms with Crippen molar-refractivity contribution in [2.45, 2.75) is 52.0 Å². The Kier molecular flexibility index (Phi) is 8.50. The minimum Gasteiger partial charge on any atom is -0.380 e. The van der Waals surface area contributed by atoms with Gasteiger partial charge in [0.15, 0.2) is 0 Å². The number of hydrogen-bond donors (Lipinski definition) is 0. The highest BCUT2D eigenvalue weighted by Gasteiger charge is 2.20. The van der Waals surface area contributed by atoms with Gasteiger partial charge in [-0.2, -0.15) is 0 Å². The van der Waals surface area contributed by atoms with Crippen LogP contribution in [0.3, 0.4) is 0 Å². The Bertz CT molecular complexity index is 185. The summed E-state index contributed by atoms with van der Waals surface area (Å²) in [5.41, 5.74) is 0. The van der Waals surface area contributed by atoms with Crippen molar-refractivity contribution in [2.24, 2.45) is 5.92 Å². The van der Waals surface area contributed by atoms with Crippen LogP contribution in [0.5, 0.6) is 0 Å². The van der Waals surface area contributed by atoms with Crippen LogP contribution in [0.4, 0.5) is 0 Å². The van der Waals surface area contributed by atoms with Gasteiger partial charge in [0, 0.05) is 24.5 Å². The number of rotatable bonds is 8. The molecule has 0 N–H and O–H groups in total. The van der Waals surface area contributed by atoms with Crippen LogP contribution >= 0.6 is 15.9 Å². The van der Waals surface area contributed by atoms with Gasteiger partial charge in [-0.05, 0) is 38.1 Å². The molecule has 0 aromatic carbocycles. The lowest BCUT2D eigenvalue weighted by Gasteiger charge is -2.35. The number of nitrogens with zero attached hydrogens (tertiary/aromatic N) is 1. The average molecular weight is 306 g/mol. The number of hydrogen-bond acceptors (Lipinski definition) is 2. The number of likely N-dealkylation sites (tertiary alicyclic amines) is 1. The molecule has 1 heterocycles. The zero-order valence-electron chi connectivity index (χ0n) is 11.5. The molecule has 1 saturated heterocycles. The summed E-state index contributed by atoms with van der Waals surface area (Å²) in [5.74, 6) is 0.756. The molecule has 0 radical (unpaired) electrons. The largest absolute Gasteiger partial charge is 0.380 e. The van der Waals surface area contributed by atoms with Crippen molar-refractivity contribution in [1.29, 1.82) is 0 Å².